The number of benzene rings is 1. The third kappa shape index (κ3) is 1.40. The average molecular weight is 174 g/mol. The first kappa shape index (κ1) is 8.52. The summed E-state index contributed by atoms with van der Waals surface area (Å²) in [5, 5.41) is 10.2. The van der Waals surface area contributed by atoms with E-state index in [1.807, 2.05) is 37.3 Å². The van der Waals surface area contributed by atoms with Gasteiger partial charge in [-0.25, -0.2) is 0 Å². The Bertz CT molecular complexity index is 347. The fourth-order valence-corrected chi connectivity index (χ4v) is 1.75. The summed E-state index contributed by atoms with van der Waals surface area (Å²) in [7, 11) is 0. The average Bonchev–Trinajstić information content (AvgIpc) is 2.85. The van der Waals surface area contributed by atoms with Crippen LogP contribution in [0, 0.1) is 0 Å². The van der Waals surface area contributed by atoms with Crippen molar-refractivity contribution in [3.05, 3.63) is 47.0 Å². The van der Waals surface area contributed by atoms with Crippen molar-refractivity contribution in [2.24, 2.45) is 0 Å². The van der Waals surface area contributed by atoms with Crippen molar-refractivity contribution in [1.29, 1.82) is 0 Å². The minimum absolute atomic E-state index is 0.745. The Morgan fingerprint density at radius 1 is 1.23 bits per heavy atom. The molecular weight excluding hydrogens is 160 g/mol. The zero-order valence-electron chi connectivity index (χ0n) is 8.04. The van der Waals surface area contributed by atoms with Crippen molar-refractivity contribution in [2.45, 2.75) is 25.9 Å². The van der Waals surface area contributed by atoms with E-state index in [9.17, 15) is 5.11 Å². The lowest BCUT2D eigenvalue weighted by molar-refractivity contribution is 0.102. The molecule has 1 atom stereocenters. The van der Waals surface area contributed by atoms with Crippen LogP contribution in [0.2, 0.25) is 0 Å². The third-order valence-electron chi connectivity index (χ3n) is 2.76. The fraction of sp³-hybridized carbons (Fsp3) is 0.333. The monoisotopic (exact) mass is 174 g/mol. The maximum absolute atomic E-state index is 10.2. The smallest absolute Gasteiger partial charge is 0.108 e. The van der Waals surface area contributed by atoms with E-state index >= 15 is 0 Å². The van der Waals surface area contributed by atoms with Gasteiger partial charge in [0.05, 0.1) is 0 Å². The number of allylic oxidation sites excluding steroid dienone is 1. The zero-order valence-corrected chi connectivity index (χ0v) is 8.04. The summed E-state index contributed by atoms with van der Waals surface area (Å²) in [5.74, 6) is 0. The van der Waals surface area contributed by atoms with Gasteiger partial charge in [0.2, 0.25) is 0 Å². The predicted molar refractivity (Wildman–Crippen MR) is 53.3 cm³/mol. The van der Waals surface area contributed by atoms with Crippen molar-refractivity contribution >= 4 is 0 Å². The van der Waals surface area contributed by atoms with Gasteiger partial charge in [-0.15, -0.1) is 0 Å². The summed E-state index contributed by atoms with van der Waals surface area (Å²) in [6.07, 6.45) is 0.988. The molecule has 1 aliphatic carbocycles. The summed E-state index contributed by atoms with van der Waals surface area (Å²) in [6, 6.07) is 9.83. The number of aliphatic hydroxyl groups is 1. The summed E-state index contributed by atoms with van der Waals surface area (Å²) >= 11 is 0. The minimum Gasteiger partial charge on any atom is -0.381 e. The number of hydrogen-bond acceptors (Lipinski definition) is 1. The van der Waals surface area contributed by atoms with Crippen molar-refractivity contribution in [3.8, 4) is 0 Å². The molecule has 1 N–H and O–H groups in total. The quantitative estimate of drug-likeness (QED) is 0.683. The SMILES string of the molecule is CC1=C(C(C)(O)c2ccccc2)C1. The molecule has 0 fully saturated rings. The minimum atomic E-state index is -0.745. The van der Waals surface area contributed by atoms with Gasteiger partial charge in [-0.2, -0.15) is 0 Å². The molecule has 1 nitrogen and oxygen atoms in total. The van der Waals surface area contributed by atoms with Crippen molar-refractivity contribution in [2.75, 3.05) is 0 Å². The second-order valence-electron chi connectivity index (χ2n) is 3.87. The molecule has 0 heterocycles. The Morgan fingerprint density at radius 3 is 2.23 bits per heavy atom. The highest BCUT2D eigenvalue weighted by Gasteiger charge is 2.36. The molecule has 1 aliphatic rings. The summed E-state index contributed by atoms with van der Waals surface area (Å²) in [6.45, 7) is 3.95. The molecule has 0 saturated heterocycles. The number of rotatable bonds is 2. The van der Waals surface area contributed by atoms with Crippen molar-refractivity contribution < 1.29 is 5.11 Å². The van der Waals surface area contributed by atoms with E-state index < -0.39 is 5.60 Å². The molecule has 0 bridgehead atoms. The van der Waals surface area contributed by atoms with Crippen LogP contribution in [-0.2, 0) is 5.60 Å². The van der Waals surface area contributed by atoms with Crippen LogP contribution in [-0.4, -0.2) is 5.11 Å². The first-order valence-electron chi connectivity index (χ1n) is 4.59. The Hall–Kier alpha value is -1.08. The highest BCUT2D eigenvalue weighted by molar-refractivity contribution is 5.45. The first-order valence-corrected chi connectivity index (χ1v) is 4.59. The maximum atomic E-state index is 10.2. The van der Waals surface area contributed by atoms with Gasteiger partial charge in [0.15, 0.2) is 0 Å². The maximum Gasteiger partial charge on any atom is 0.108 e. The van der Waals surface area contributed by atoms with Crippen molar-refractivity contribution in [1.82, 2.24) is 0 Å². The van der Waals surface area contributed by atoms with Gasteiger partial charge in [-0.1, -0.05) is 35.9 Å². The topological polar surface area (TPSA) is 20.2 Å². The molecule has 0 aromatic heterocycles. The Morgan fingerprint density at radius 2 is 1.77 bits per heavy atom. The second kappa shape index (κ2) is 2.71. The molecule has 13 heavy (non-hydrogen) atoms. The Labute approximate surface area is 78.7 Å². The van der Waals surface area contributed by atoms with Crippen LogP contribution < -0.4 is 0 Å². The fourth-order valence-electron chi connectivity index (χ4n) is 1.75. The van der Waals surface area contributed by atoms with Crippen LogP contribution in [0.1, 0.15) is 25.8 Å². The van der Waals surface area contributed by atoms with E-state index in [0.29, 0.717) is 0 Å². The van der Waals surface area contributed by atoms with Crippen LogP contribution in [0.25, 0.3) is 0 Å². The van der Waals surface area contributed by atoms with Crippen LogP contribution in [0.5, 0.6) is 0 Å². The molecule has 68 valence electrons. The standard InChI is InChI=1S/C12H14O/c1-9-8-11(9)12(2,13)10-6-4-3-5-7-10/h3-7,13H,8H2,1-2H3. The molecule has 1 heteroatoms. The van der Waals surface area contributed by atoms with E-state index in [-0.39, 0.29) is 0 Å². The molecule has 2 rings (SSSR count). The predicted octanol–water partition coefficient (Wildman–Crippen LogP) is 2.61. The van der Waals surface area contributed by atoms with E-state index in [1.54, 1.807) is 0 Å². The Kier molecular flexibility index (Phi) is 1.77. The highest BCUT2D eigenvalue weighted by atomic mass is 16.3. The molecular formula is C12H14O. The largest absolute Gasteiger partial charge is 0.381 e. The molecule has 0 saturated carbocycles. The molecule has 1 aromatic carbocycles. The zero-order chi connectivity index (χ0) is 9.47. The first-order chi connectivity index (χ1) is 6.12. The van der Waals surface area contributed by atoms with Crippen LogP contribution in [0.4, 0.5) is 0 Å². The highest BCUT2D eigenvalue weighted by Crippen LogP contribution is 2.44. The van der Waals surface area contributed by atoms with Gasteiger partial charge in [0.25, 0.3) is 0 Å². The summed E-state index contributed by atoms with van der Waals surface area (Å²) in [4.78, 5) is 0. The lowest BCUT2D eigenvalue weighted by Crippen LogP contribution is -2.19. The molecule has 0 spiro atoms. The molecule has 0 radical (unpaired) electrons. The summed E-state index contributed by atoms with van der Waals surface area (Å²) < 4.78 is 0. The van der Waals surface area contributed by atoms with Gasteiger partial charge >= 0.3 is 0 Å². The Balaban J connectivity index is 2.36. The van der Waals surface area contributed by atoms with Gasteiger partial charge in [-0.3, -0.25) is 0 Å². The molecule has 0 amide bonds. The molecule has 1 aromatic rings. The van der Waals surface area contributed by atoms with Crippen LogP contribution in [0.15, 0.2) is 41.5 Å². The summed E-state index contributed by atoms with van der Waals surface area (Å²) in [5.41, 5.74) is 2.75. The van der Waals surface area contributed by atoms with E-state index in [1.165, 1.54) is 11.1 Å². The van der Waals surface area contributed by atoms with Crippen molar-refractivity contribution in [3.63, 3.8) is 0 Å². The van der Waals surface area contributed by atoms with Gasteiger partial charge < -0.3 is 5.11 Å². The lowest BCUT2D eigenvalue weighted by Gasteiger charge is -2.20. The van der Waals surface area contributed by atoms with E-state index in [2.05, 4.69) is 6.92 Å². The van der Waals surface area contributed by atoms with Crippen LogP contribution in [0.3, 0.4) is 0 Å². The molecule has 0 aliphatic heterocycles. The third-order valence-corrected chi connectivity index (χ3v) is 2.76. The lowest BCUT2D eigenvalue weighted by atomic mass is 9.93. The normalized spacial score (nSPS) is 19.9. The van der Waals surface area contributed by atoms with Gasteiger partial charge in [-0.05, 0) is 31.4 Å². The number of hydrogen-bond donors (Lipinski definition) is 1. The van der Waals surface area contributed by atoms with Gasteiger partial charge in [0.1, 0.15) is 5.60 Å². The second-order valence-corrected chi connectivity index (χ2v) is 3.87. The van der Waals surface area contributed by atoms with Gasteiger partial charge in [0, 0.05) is 0 Å². The van der Waals surface area contributed by atoms with E-state index in [4.69, 9.17) is 0 Å². The molecule has 1 unspecified atom stereocenters. The van der Waals surface area contributed by atoms with Crippen LogP contribution >= 0.6 is 0 Å². The van der Waals surface area contributed by atoms with E-state index in [0.717, 1.165) is 12.0 Å².